The lowest BCUT2D eigenvalue weighted by atomic mass is 10.1. The van der Waals surface area contributed by atoms with E-state index in [1.54, 1.807) is 68.7 Å². The minimum absolute atomic E-state index is 0.00600. The van der Waals surface area contributed by atoms with Gasteiger partial charge >= 0.3 is 0 Å². The Labute approximate surface area is 223 Å². The monoisotopic (exact) mass is 539 g/mol. The fourth-order valence-corrected chi connectivity index (χ4v) is 4.30. The first-order chi connectivity index (χ1) is 18.4. The van der Waals surface area contributed by atoms with Crippen LogP contribution in [-0.2, 0) is 11.3 Å². The topological polar surface area (TPSA) is 96.2 Å². The molecular formula is C27H26FN3O6S. The number of rotatable bonds is 11. The molecule has 0 bridgehead atoms. The van der Waals surface area contributed by atoms with Crippen LogP contribution in [0.15, 0.2) is 70.3 Å². The SMILES string of the molecule is COc1ccc(-c2nnc(SCC(=O)N(Cc3ccc(OC)c(OC)c3)c3ccc(F)cc3)o2)c(OC)c1. The molecule has 0 aliphatic heterocycles. The predicted octanol–water partition coefficient (Wildman–Crippen LogP) is 5.24. The van der Waals surface area contributed by atoms with Gasteiger partial charge in [0.05, 0.1) is 46.3 Å². The number of anilines is 1. The number of carbonyl (C=O) groups is 1. The van der Waals surface area contributed by atoms with Crippen LogP contribution in [0.5, 0.6) is 23.0 Å². The molecule has 0 aliphatic rings. The summed E-state index contributed by atoms with van der Waals surface area (Å²) in [6.07, 6.45) is 0. The molecule has 0 radical (unpaired) electrons. The molecule has 0 aliphatic carbocycles. The van der Waals surface area contributed by atoms with Crippen molar-refractivity contribution >= 4 is 23.4 Å². The third-order valence-corrected chi connectivity index (χ3v) is 6.40. The van der Waals surface area contributed by atoms with Crippen molar-refractivity contribution in [1.82, 2.24) is 10.2 Å². The minimum atomic E-state index is -0.394. The number of halogens is 1. The minimum Gasteiger partial charge on any atom is -0.497 e. The molecule has 11 heteroatoms. The molecule has 0 saturated carbocycles. The van der Waals surface area contributed by atoms with Crippen LogP contribution in [0.2, 0.25) is 0 Å². The fourth-order valence-electron chi connectivity index (χ4n) is 3.66. The molecule has 38 heavy (non-hydrogen) atoms. The summed E-state index contributed by atoms with van der Waals surface area (Å²) in [6.45, 7) is 0.226. The van der Waals surface area contributed by atoms with Crippen LogP contribution in [0.25, 0.3) is 11.5 Å². The number of amides is 1. The van der Waals surface area contributed by atoms with Gasteiger partial charge < -0.3 is 28.3 Å². The Bertz CT molecular complexity index is 1400. The van der Waals surface area contributed by atoms with Crippen LogP contribution in [0.4, 0.5) is 10.1 Å². The molecule has 0 spiro atoms. The number of thioether (sulfide) groups is 1. The molecule has 9 nitrogen and oxygen atoms in total. The highest BCUT2D eigenvalue weighted by Crippen LogP contribution is 2.34. The van der Waals surface area contributed by atoms with Crippen LogP contribution >= 0.6 is 11.8 Å². The van der Waals surface area contributed by atoms with Gasteiger partial charge in [-0.15, -0.1) is 10.2 Å². The summed E-state index contributed by atoms with van der Waals surface area (Å²) < 4.78 is 40.7. The quantitative estimate of drug-likeness (QED) is 0.237. The Morgan fingerprint density at radius 3 is 2.29 bits per heavy atom. The molecule has 0 N–H and O–H groups in total. The summed E-state index contributed by atoms with van der Waals surface area (Å²) in [6, 6.07) is 16.4. The average molecular weight is 540 g/mol. The van der Waals surface area contributed by atoms with Crippen molar-refractivity contribution < 1.29 is 32.5 Å². The standard InChI is InChI=1S/C27H26FN3O6S/c1-33-20-10-11-21(23(14-20)35-3)26-29-30-27(37-26)38-16-25(32)31(19-8-6-18(28)7-9-19)15-17-5-12-22(34-2)24(13-17)36-4/h5-14H,15-16H2,1-4H3. The Morgan fingerprint density at radius 2 is 1.61 bits per heavy atom. The number of ether oxygens (including phenoxy) is 4. The first-order valence-electron chi connectivity index (χ1n) is 11.4. The van der Waals surface area contributed by atoms with Gasteiger partial charge in [0.25, 0.3) is 11.1 Å². The molecule has 4 rings (SSSR count). The molecule has 3 aromatic carbocycles. The number of methoxy groups -OCH3 is 4. The van der Waals surface area contributed by atoms with E-state index in [4.69, 9.17) is 23.4 Å². The number of carbonyl (C=O) groups excluding carboxylic acids is 1. The van der Waals surface area contributed by atoms with Crippen molar-refractivity contribution in [3.05, 3.63) is 72.0 Å². The lowest BCUT2D eigenvalue weighted by molar-refractivity contribution is -0.116. The highest BCUT2D eigenvalue weighted by atomic mass is 32.2. The second-order valence-electron chi connectivity index (χ2n) is 7.87. The smallest absolute Gasteiger partial charge is 0.277 e. The number of hydrogen-bond acceptors (Lipinski definition) is 9. The Kier molecular flexibility index (Phi) is 8.70. The average Bonchev–Trinajstić information content (AvgIpc) is 3.43. The van der Waals surface area contributed by atoms with Gasteiger partial charge in [-0.1, -0.05) is 17.8 Å². The molecule has 1 amide bonds. The van der Waals surface area contributed by atoms with E-state index in [9.17, 15) is 9.18 Å². The Morgan fingerprint density at radius 1 is 0.868 bits per heavy atom. The van der Waals surface area contributed by atoms with Crippen molar-refractivity contribution in [3.8, 4) is 34.5 Å². The van der Waals surface area contributed by atoms with E-state index in [0.717, 1.165) is 17.3 Å². The highest BCUT2D eigenvalue weighted by Gasteiger charge is 2.20. The zero-order valence-corrected chi connectivity index (χ0v) is 22.1. The van der Waals surface area contributed by atoms with E-state index in [2.05, 4.69) is 10.2 Å². The van der Waals surface area contributed by atoms with Crippen LogP contribution in [0, 0.1) is 5.82 Å². The number of benzene rings is 3. The molecule has 1 aromatic heterocycles. The maximum Gasteiger partial charge on any atom is 0.277 e. The fraction of sp³-hybridized carbons (Fsp3) is 0.222. The molecule has 0 unspecified atom stereocenters. The molecule has 0 saturated heterocycles. The zero-order valence-electron chi connectivity index (χ0n) is 21.3. The van der Waals surface area contributed by atoms with E-state index in [1.807, 2.05) is 6.07 Å². The molecule has 1 heterocycles. The Hall–Kier alpha value is -4.25. The van der Waals surface area contributed by atoms with Gasteiger partial charge in [0.2, 0.25) is 5.91 Å². The van der Waals surface area contributed by atoms with Crippen molar-refractivity contribution in [2.45, 2.75) is 11.8 Å². The van der Waals surface area contributed by atoms with Crippen molar-refractivity contribution in [3.63, 3.8) is 0 Å². The van der Waals surface area contributed by atoms with Gasteiger partial charge in [-0.2, -0.15) is 0 Å². The molecule has 0 atom stereocenters. The number of aromatic nitrogens is 2. The van der Waals surface area contributed by atoms with E-state index in [-0.39, 0.29) is 29.3 Å². The van der Waals surface area contributed by atoms with Gasteiger partial charge in [0.1, 0.15) is 17.3 Å². The summed E-state index contributed by atoms with van der Waals surface area (Å²) in [4.78, 5) is 14.9. The van der Waals surface area contributed by atoms with E-state index in [0.29, 0.717) is 34.2 Å². The summed E-state index contributed by atoms with van der Waals surface area (Å²) in [5.41, 5.74) is 1.94. The van der Waals surface area contributed by atoms with Gasteiger partial charge in [0.15, 0.2) is 11.5 Å². The third kappa shape index (κ3) is 6.17. The lowest BCUT2D eigenvalue weighted by Crippen LogP contribution is -2.32. The number of hydrogen-bond donors (Lipinski definition) is 0. The molecule has 0 fully saturated rings. The van der Waals surface area contributed by atoms with Crippen LogP contribution in [0.3, 0.4) is 0 Å². The van der Waals surface area contributed by atoms with Gasteiger partial charge in [-0.3, -0.25) is 4.79 Å². The van der Waals surface area contributed by atoms with Gasteiger partial charge in [-0.05, 0) is 54.1 Å². The van der Waals surface area contributed by atoms with E-state index >= 15 is 0 Å². The van der Waals surface area contributed by atoms with Crippen molar-refractivity contribution in [2.75, 3.05) is 39.1 Å². The van der Waals surface area contributed by atoms with Gasteiger partial charge in [-0.25, -0.2) is 4.39 Å². The summed E-state index contributed by atoms with van der Waals surface area (Å²) in [7, 11) is 6.19. The lowest BCUT2D eigenvalue weighted by Gasteiger charge is -2.23. The third-order valence-electron chi connectivity index (χ3n) is 5.59. The summed E-state index contributed by atoms with van der Waals surface area (Å²) in [5.74, 6) is 1.88. The van der Waals surface area contributed by atoms with Crippen LogP contribution in [-0.4, -0.2) is 50.3 Å². The first-order valence-corrected chi connectivity index (χ1v) is 12.4. The van der Waals surface area contributed by atoms with Gasteiger partial charge in [0, 0.05) is 11.8 Å². The van der Waals surface area contributed by atoms with Crippen LogP contribution in [0.1, 0.15) is 5.56 Å². The van der Waals surface area contributed by atoms with E-state index in [1.165, 1.54) is 19.2 Å². The zero-order chi connectivity index (χ0) is 27.1. The Balaban J connectivity index is 1.52. The predicted molar refractivity (Wildman–Crippen MR) is 141 cm³/mol. The normalized spacial score (nSPS) is 10.7. The van der Waals surface area contributed by atoms with Crippen LogP contribution < -0.4 is 23.8 Å². The maximum absolute atomic E-state index is 13.6. The second-order valence-corrected chi connectivity index (χ2v) is 8.80. The molecular weight excluding hydrogens is 513 g/mol. The summed E-state index contributed by atoms with van der Waals surface area (Å²) in [5, 5.41) is 8.37. The molecule has 4 aromatic rings. The van der Waals surface area contributed by atoms with Crippen molar-refractivity contribution in [1.29, 1.82) is 0 Å². The molecule has 198 valence electrons. The highest BCUT2D eigenvalue weighted by molar-refractivity contribution is 7.99. The summed E-state index contributed by atoms with van der Waals surface area (Å²) >= 11 is 1.10. The number of nitrogens with zero attached hydrogens (tertiary/aromatic N) is 3. The van der Waals surface area contributed by atoms with E-state index < -0.39 is 5.82 Å². The first kappa shape index (κ1) is 26.8. The van der Waals surface area contributed by atoms with Crippen molar-refractivity contribution in [2.24, 2.45) is 0 Å². The second kappa shape index (κ2) is 12.3. The largest absolute Gasteiger partial charge is 0.497 e. The maximum atomic E-state index is 13.6.